The lowest BCUT2D eigenvalue weighted by Crippen LogP contribution is -2.60. The topological polar surface area (TPSA) is 211 Å². The van der Waals surface area contributed by atoms with E-state index in [2.05, 4.69) is 0 Å². The van der Waals surface area contributed by atoms with Crippen molar-refractivity contribution in [1.82, 2.24) is 0 Å². The van der Waals surface area contributed by atoms with Gasteiger partial charge in [-0.05, 0) is 18.2 Å². The van der Waals surface area contributed by atoms with Crippen LogP contribution in [0.4, 0.5) is 0 Å². The van der Waals surface area contributed by atoms with E-state index in [0.717, 1.165) is 18.2 Å². The second-order valence-corrected chi connectivity index (χ2v) is 7.44. The van der Waals surface area contributed by atoms with Gasteiger partial charge in [-0.3, -0.25) is 4.79 Å². The van der Waals surface area contributed by atoms with Gasteiger partial charge in [0.2, 0.25) is 17.5 Å². The average molecular weight is 464 g/mol. The molecule has 12 nitrogen and oxygen atoms in total. The summed E-state index contributed by atoms with van der Waals surface area (Å²) in [6.07, 6.45) is -7.73. The first-order chi connectivity index (χ1) is 15.6. The van der Waals surface area contributed by atoms with Gasteiger partial charge in [0.1, 0.15) is 46.9 Å². The molecule has 0 spiro atoms. The van der Waals surface area contributed by atoms with Crippen molar-refractivity contribution in [1.29, 1.82) is 0 Å². The summed E-state index contributed by atoms with van der Waals surface area (Å²) in [5.41, 5.74) is -1.16. The fraction of sp³-hybridized carbons (Fsp3) is 0.286. The molecule has 1 unspecified atom stereocenters. The smallest absolute Gasteiger partial charge is 0.238 e. The van der Waals surface area contributed by atoms with Crippen LogP contribution in [0.1, 0.15) is 0 Å². The van der Waals surface area contributed by atoms with E-state index in [0.29, 0.717) is 0 Å². The SMILES string of the molecule is O=c1c(O)c(-c2ccc(OC3O[C@H](CO)[C@@H](O)[C@H](O)[C@H]3O)c(O)c2)oc2cc(O)cc(O)c12. The molecule has 3 aromatic rings. The predicted molar refractivity (Wildman–Crippen MR) is 109 cm³/mol. The number of hydrogen-bond donors (Lipinski definition) is 8. The summed E-state index contributed by atoms with van der Waals surface area (Å²) in [7, 11) is 0. The molecule has 1 fully saturated rings. The van der Waals surface area contributed by atoms with Gasteiger partial charge in [-0.2, -0.15) is 0 Å². The lowest BCUT2D eigenvalue weighted by atomic mass is 9.99. The summed E-state index contributed by atoms with van der Waals surface area (Å²) in [6, 6.07) is 5.51. The highest BCUT2D eigenvalue weighted by molar-refractivity contribution is 5.88. The Morgan fingerprint density at radius 2 is 1.64 bits per heavy atom. The Morgan fingerprint density at radius 1 is 0.909 bits per heavy atom. The molecule has 176 valence electrons. The summed E-state index contributed by atoms with van der Waals surface area (Å²) in [5, 5.41) is 78.8. The van der Waals surface area contributed by atoms with Gasteiger partial charge in [0.15, 0.2) is 17.3 Å². The highest BCUT2D eigenvalue weighted by Gasteiger charge is 2.45. The first-order valence-electron chi connectivity index (χ1n) is 9.64. The molecule has 0 bridgehead atoms. The Labute approximate surface area is 184 Å². The Kier molecular flexibility index (Phi) is 5.78. The monoisotopic (exact) mass is 464 g/mol. The third-order valence-electron chi connectivity index (χ3n) is 5.25. The van der Waals surface area contributed by atoms with Crippen molar-refractivity contribution in [3.63, 3.8) is 0 Å². The van der Waals surface area contributed by atoms with Crippen molar-refractivity contribution < 1.29 is 54.7 Å². The minimum atomic E-state index is -1.70. The number of rotatable bonds is 4. The fourth-order valence-electron chi connectivity index (χ4n) is 3.52. The van der Waals surface area contributed by atoms with Crippen molar-refractivity contribution >= 4 is 11.0 Å². The molecule has 12 heteroatoms. The van der Waals surface area contributed by atoms with E-state index in [1.807, 2.05) is 0 Å². The minimum Gasteiger partial charge on any atom is -0.508 e. The molecular formula is C21H20O12. The average Bonchev–Trinajstić information content (AvgIpc) is 2.77. The Bertz CT molecular complexity index is 1250. The Morgan fingerprint density at radius 3 is 2.30 bits per heavy atom. The summed E-state index contributed by atoms with van der Waals surface area (Å²) >= 11 is 0. The van der Waals surface area contributed by atoms with Crippen LogP contribution in [0.3, 0.4) is 0 Å². The molecule has 1 aliphatic heterocycles. The highest BCUT2D eigenvalue weighted by Crippen LogP contribution is 2.39. The molecule has 0 amide bonds. The lowest BCUT2D eigenvalue weighted by molar-refractivity contribution is -0.277. The first-order valence-corrected chi connectivity index (χ1v) is 9.64. The van der Waals surface area contributed by atoms with Crippen molar-refractivity contribution in [3.8, 4) is 40.1 Å². The maximum absolute atomic E-state index is 12.5. The Balaban J connectivity index is 1.68. The predicted octanol–water partition coefficient (Wildman–Crippen LogP) is -0.539. The number of phenols is 3. The van der Waals surface area contributed by atoms with Gasteiger partial charge < -0.3 is 54.7 Å². The number of ether oxygens (including phenoxy) is 2. The standard InChI is InChI=1S/C21H20O12/c22-6-13-15(26)17(28)19(30)21(33-13)32-11-2-1-7(3-9(11)24)20-18(29)16(27)14-10(25)4-8(23)5-12(14)31-20/h1-5,13,15,17,19,21-26,28-30H,6H2/t13-,15-,17+,19-,21?/m1/s1. The third kappa shape index (κ3) is 3.90. The summed E-state index contributed by atoms with van der Waals surface area (Å²) in [6.45, 7) is -0.666. The molecule has 2 aromatic carbocycles. The van der Waals surface area contributed by atoms with E-state index in [1.165, 1.54) is 12.1 Å². The molecule has 8 N–H and O–H groups in total. The number of aromatic hydroxyl groups is 4. The lowest BCUT2D eigenvalue weighted by Gasteiger charge is -2.39. The zero-order chi connectivity index (χ0) is 24.0. The third-order valence-corrected chi connectivity index (χ3v) is 5.25. The van der Waals surface area contributed by atoms with Crippen molar-refractivity contribution in [3.05, 3.63) is 40.6 Å². The van der Waals surface area contributed by atoms with E-state index in [1.54, 1.807) is 0 Å². The van der Waals surface area contributed by atoms with Crippen LogP contribution in [0.5, 0.6) is 28.7 Å². The molecule has 0 aliphatic carbocycles. The summed E-state index contributed by atoms with van der Waals surface area (Å²) in [5.74, 6) is -2.97. The second kappa shape index (κ2) is 8.42. The number of phenolic OH excluding ortho intramolecular Hbond substituents is 3. The number of benzene rings is 2. The number of fused-ring (bicyclic) bond motifs is 1. The first kappa shape index (κ1) is 22.6. The van der Waals surface area contributed by atoms with Crippen LogP contribution in [0.2, 0.25) is 0 Å². The molecule has 1 aromatic heterocycles. The van der Waals surface area contributed by atoms with Crippen LogP contribution in [-0.2, 0) is 4.74 Å². The number of aliphatic hydroxyl groups excluding tert-OH is 4. The molecular weight excluding hydrogens is 444 g/mol. The van der Waals surface area contributed by atoms with Crippen LogP contribution in [0.25, 0.3) is 22.3 Å². The molecule has 1 aliphatic rings. The molecule has 33 heavy (non-hydrogen) atoms. The van der Waals surface area contributed by atoms with Crippen LogP contribution in [0.15, 0.2) is 39.5 Å². The molecule has 4 rings (SSSR count). The van der Waals surface area contributed by atoms with E-state index in [-0.39, 0.29) is 33.8 Å². The quantitative estimate of drug-likeness (QED) is 0.245. The van der Waals surface area contributed by atoms with Gasteiger partial charge in [-0.25, -0.2) is 0 Å². The van der Waals surface area contributed by atoms with Gasteiger partial charge in [0.05, 0.1) is 6.61 Å². The second-order valence-electron chi connectivity index (χ2n) is 7.44. The van der Waals surface area contributed by atoms with E-state index >= 15 is 0 Å². The largest absolute Gasteiger partial charge is 0.508 e. The number of hydrogen-bond acceptors (Lipinski definition) is 12. The Hall–Kier alpha value is -3.55. The molecule has 0 saturated carbocycles. The van der Waals surface area contributed by atoms with E-state index in [4.69, 9.17) is 13.9 Å². The van der Waals surface area contributed by atoms with Crippen molar-refractivity contribution in [2.75, 3.05) is 6.61 Å². The minimum absolute atomic E-state index is 0.0213. The van der Waals surface area contributed by atoms with Crippen LogP contribution in [0, 0.1) is 0 Å². The molecule has 2 heterocycles. The van der Waals surface area contributed by atoms with Gasteiger partial charge in [-0.1, -0.05) is 0 Å². The molecule has 0 radical (unpaired) electrons. The van der Waals surface area contributed by atoms with Crippen LogP contribution < -0.4 is 10.2 Å². The number of aliphatic hydroxyl groups is 4. The van der Waals surface area contributed by atoms with Gasteiger partial charge in [0.25, 0.3) is 0 Å². The maximum Gasteiger partial charge on any atom is 0.238 e. The highest BCUT2D eigenvalue weighted by atomic mass is 16.7. The zero-order valence-electron chi connectivity index (χ0n) is 16.7. The van der Waals surface area contributed by atoms with Gasteiger partial charge in [0, 0.05) is 17.7 Å². The molecule has 5 atom stereocenters. The normalized spacial score (nSPS) is 25.3. The van der Waals surface area contributed by atoms with E-state index < -0.39 is 60.0 Å². The van der Waals surface area contributed by atoms with Crippen molar-refractivity contribution in [2.45, 2.75) is 30.7 Å². The summed E-state index contributed by atoms with van der Waals surface area (Å²) < 4.78 is 16.1. The van der Waals surface area contributed by atoms with Crippen LogP contribution in [-0.4, -0.2) is 78.2 Å². The van der Waals surface area contributed by atoms with Crippen molar-refractivity contribution in [2.24, 2.45) is 0 Å². The fourth-order valence-corrected chi connectivity index (χ4v) is 3.52. The van der Waals surface area contributed by atoms with Gasteiger partial charge >= 0.3 is 0 Å². The maximum atomic E-state index is 12.5. The van der Waals surface area contributed by atoms with Gasteiger partial charge in [-0.15, -0.1) is 0 Å². The van der Waals surface area contributed by atoms with E-state index in [9.17, 15) is 45.6 Å². The molecule has 1 saturated heterocycles. The van der Waals surface area contributed by atoms with Crippen LogP contribution >= 0.6 is 0 Å². The zero-order valence-corrected chi connectivity index (χ0v) is 16.7. The summed E-state index contributed by atoms with van der Waals surface area (Å²) in [4.78, 5) is 12.5.